The topological polar surface area (TPSA) is 78.0 Å². The molecule has 5 aromatic rings. The molecule has 0 saturated carbocycles. The van der Waals surface area contributed by atoms with Gasteiger partial charge in [0.25, 0.3) is 0 Å². The molecule has 39 heavy (non-hydrogen) atoms. The minimum atomic E-state index is -0.680. The van der Waals surface area contributed by atoms with Gasteiger partial charge in [0.2, 0.25) is 5.91 Å². The minimum Gasteiger partial charge on any atom is -0.508 e. The quantitative estimate of drug-likeness (QED) is 0.219. The van der Waals surface area contributed by atoms with Gasteiger partial charge in [-0.15, -0.1) is 0 Å². The Balaban J connectivity index is 1.54. The maximum absolute atomic E-state index is 14.1. The third-order valence-corrected chi connectivity index (χ3v) is 6.91. The van der Waals surface area contributed by atoms with Crippen molar-refractivity contribution in [1.29, 1.82) is 0 Å². The van der Waals surface area contributed by atoms with Crippen molar-refractivity contribution in [2.75, 3.05) is 0 Å². The molecule has 1 atom stereocenters. The summed E-state index contributed by atoms with van der Waals surface area (Å²) in [6, 6.07) is 15.7. The average molecular weight is 526 g/mol. The lowest BCUT2D eigenvalue weighted by molar-refractivity contribution is -0.121. The second-order valence-electron chi connectivity index (χ2n) is 10.0. The third kappa shape index (κ3) is 5.67. The molecule has 1 unspecified atom stereocenters. The number of aryl methyl sites for hydroxylation is 3. The number of pyridine rings is 1. The normalized spacial score (nSPS) is 12.0. The van der Waals surface area contributed by atoms with Crippen LogP contribution in [-0.4, -0.2) is 21.0 Å². The van der Waals surface area contributed by atoms with Crippen LogP contribution in [0.15, 0.2) is 73.1 Å². The first kappa shape index (κ1) is 26.1. The second-order valence-corrected chi connectivity index (χ2v) is 10.0. The molecular formula is C32H29F2N3O2. The van der Waals surface area contributed by atoms with E-state index in [2.05, 4.69) is 27.4 Å². The van der Waals surface area contributed by atoms with E-state index in [4.69, 9.17) is 0 Å². The molecule has 0 aliphatic heterocycles. The van der Waals surface area contributed by atoms with Crippen LogP contribution in [0.3, 0.4) is 0 Å². The molecule has 0 bridgehead atoms. The van der Waals surface area contributed by atoms with E-state index < -0.39 is 17.7 Å². The largest absolute Gasteiger partial charge is 0.508 e. The van der Waals surface area contributed by atoms with Crippen LogP contribution in [0.25, 0.3) is 22.0 Å². The molecule has 0 fully saturated rings. The van der Waals surface area contributed by atoms with E-state index in [0.29, 0.717) is 11.3 Å². The zero-order valence-corrected chi connectivity index (χ0v) is 22.0. The van der Waals surface area contributed by atoms with Crippen molar-refractivity contribution >= 4 is 16.8 Å². The van der Waals surface area contributed by atoms with Gasteiger partial charge in [-0.25, -0.2) is 8.78 Å². The van der Waals surface area contributed by atoms with Crippen LogP contribution in [0.2, 0.25) is 0 Å². The average Bonchev–Trinajstić information content (AvgIpc) is 3.24. The molecule has 7 heteroatoms. The highest BCUT2D eigenvalue weighted by Gasteiger charge is 2.23. The van der Waals surface area contributed by atoms with Gasteiger partial charge in [0.05, 0.1) is 18.2 Å². The molecule has 0 saturated heterocycles. The molecule has 2 aromatic heterocycles. The first-order chi connectivity index (χ1) is 18.7. The van der Waals surface area contributed by atoms with Crippen molar-refractivity contribution in [3.63, 3.8) is 0 Å². The Hall–Kier alpha value is -4.52. The molecule has 5 rings (SSSR count). The fraction of sp³-hybridized carbons (Fsp3) is 0.188. The minimum absolute atomic E-state index is 0.0439. The van der Waals surface area contributed by atoms with Crippen LogP contribution in [0.4, 0.5) is 8.78 Å². The number of carbonyl (C=O) groups is 1. The summed E-state index contributed by atoms with van der Waals surface area (Å²) < 4.78 is 28.2. The number of nitrogens with one attached hydrogen (secondary N) is 2. The third-order valence-electron chi connectivity index (χ3n) is 6.91. The summed E-state index contributed by atoms with van der Waals surface area (Å²) >= 11 is 0. The monoisotopic (exact) mass is 525 g/mol. The SMILES string of the molecule is Cc1cc(C)c(-c2cccnc2C(Cc2cc(F)cc(F)c2)NC(=O)Cc2c[nH]c3ccc(O)cc23)c(C)c1. The summed E-state index contributed by atoms with van der Waals surface area (Å²) in [5.74, 6) is -1.54. The van der Waals surface area contributed by atoms with Crippen LogP contribution < -0.4 is 5.32 Å². The van der Waals surface area contributed by atoms with Gasteiger partial charge in [0.1, 0.15) is 17.4 Å². The summed E-state index contributed by atoms with van der Waals surface area (Å²) in [4.78, 5) is 21.2. The standard InChI is InChI=1S/C32H29F2N3O2/c1-18-9-19(2)31(20(3)10-18)26-5-4-8-35-32(26)29(13-21-11-23(33)15-24(34)12-21)37-30(39)14-22-17-36-28-7-6-25(38)16-27(22)28/h4-12,15-17,29,36,38H,13-14H2,1-3H3,(H,37,39). The van der Waals surface area contributed by atoms with Gasteiger partial charge in [-0.05, 0) is 91.4 Å². The Morgan fingerprint density at radius 1 is 1.00 bits per heavy atom. The Morgan fingerprint density at radius 2 is 1.72 bits per heavy atom. The molecule has 0 aliphatic rings. The highest BCUT2D eigenvalue weighted by atomic mass is 19.1. The molecule has 0 aliphatic carbocycles. The van der Waals surface area contributed by atoms with E-state index in [9.17, 15) is 18.7 Å². The van der Waals surface area contributed by atoms with E-state index in [1.807, 2.05) is 32.9 Å². The number of aromatic amines is 1. The van der Waals surface area contributed by atoms with Crippen molar-refractivity contribution in [1.82, 2.24) is 15.3 Å². The number of H-pyrrole nitrogens is 1. The first-order valence-electron chi connectivity index (χ1n) is 12.7. The van der Waals surface area contributed by atoms with Gasteiger partial charge in [-0.3, -0.25) is 9.78 Å². The number of aromatic nitrogens is 2. The summed E-state index contributed by atoms with van der Waals surface area (Å²) in [7, 11) is 0. The smallest absolute Gasteiger partial charge is 0.225 e. The van der Waals surface area contributed by atoms with Gasteiger partial charge in [-0.1, -0.05) is 23.8 Å². The van der Waals surface area contributed by atoms with E-state index in [-0.39, 0.29) is 24.5 Å². The predicted molar refractivity (Wildman–Crippen MR) is 148 cm³/mol. The summed E-state index contributed by atoms with van der Waals surface area (Å²) in [5.41, 5.74) is 7.70. The maximum atomic E-state index is 14.1. The summed E-state index contributed by atoms with van der Waals surface area (Å²) in [5, 5.41) is 13.8. The van der Waals surface area contributed by atoms with Crippen LogP contribution in [-0.2, 0) is 17.6 Å². The van der Waals surface area contributed by atoms with E-state index in [1.54, 1.807) is 30.6 Å². The van der Waals surface area contributed by atoms with Crippen LogP contribution in [0, 0.1) is 32.4 Å². The highest BCUT2D eigenvalue weighted by Crippen LogP contribution is 2.34. The number of phenolic OH excluding ortho intramolecular Hbond substituents is 1. The van der Waals surface area contributed by atoms with Crippen molar-refractivity contribution in [3.05, 3.63) is 118 Å². The van der Waals surface area contributed by atoms with Crippen LogP contribution >= 0.6 is 0 Å². The molecule has 2 heterocycles. The van der Waals surface area contributed by atoms with Gasteiger partial charge < -0.3 is 15.4 Å². The molecule has 3 aromatic carbocycles. The Kier molecular flexibility index (Phi) is 7.15. The lowest BCUT2D eigenvalue weighted by atomic mass is 9.89. The number of phenols is 1. The number of benzene rings is 3. The molecular weight excluding hydrogens is 496 g/mol. The number of carbonyl (C=O) groups excluding carboxylic acids is 1. The number of fused-ring (bicyclic) bond motifs is 1. The summed E-state index contributed by atoms with van der Waals surface area (Å²) in [6.45, 7) is 6.11. The number of rotatable bonds is 7. The van der Waals surface area contributed by atoms with Gasteiger partial charge >= 0.3 is 0 Å². The molecule has 0 spiro atoms. The van der Waals surface area contributed by atoms with Gasteiger partial charge in [-0.2, -0.15) is 0 Å². The lowest BCUT2D eigenvalue weighted by Gasteiger charge is -2.23. The number of hydrogen-bond donors (Lipinski definition) is 3. The highest BCUT2D eigenvalue weighted by molar-refractivity contribution is 5.90. The molecule has 5 nitrogen and oxygen atoms in total. The van der Waals surface area contributed by atoms with Gasteiger partial charge in [0.15, 0.2) is 0 Å². The fourth-order valence-corrected chi connectivity index (χ4v) is 5.42. The number of nitrogens with zero attached hydrogens (tertiary/aromatic N) is 1. The lowest BCUT2D eigenvalue weighted by Crippen LogP contribution is -2.32. The zero-order valence-electron chi connectivity index (χ0n) is 22.0. The number of aromatic hydroxyl groups is 1. The zero-order chi connectivity index (χ0) is 27.7. The summed E-state index contributed by atoms with van der Waals surface area (Å²) in [6.07, 6.45) is 3.59. The van der Waals surface area contributed by atoms with E-state index in [1.165, 1.54) is 12.1 Å². The predicted octanol–water partition coefficient (Wildman–Crippen LogP) is 6.78. The molecule has 1 amide bonds. The van der Waals surface area contributed by atoms with Crippen molar-refractivity contribution in [2.24, 2.45) is 0 Å². The Morgan fingerprint density at radius 3 is 2.44 bits per heavy atom. The van der Waals surface area contributed by atoms with Gasteiger partial charge in [0, 0.05) is 34.9 Å². The molecule has 0 radical (unpaired) electrons. The van der Waals surface area contributed by atoms with Crippen LogP contribution in [0.1, 0.15) is 39.6 Å². The van der Waals surface area contributed by atoms with Crippen molar-refractivity contribution in [3.8, 4) is 16.9 Å². The van der Waals surface area contributed by atoms with Crippen molar-refractivity contribution < 1.29 is 18.7 Å². The fourth-order valence-electron chi connectivity index (χ4n) is 5.42. The first-order valence-corrected chi connectivity index (χ1v) is 12.7. The van der Waals surface area contributed by atoms with Crippen molar-refractivity contribution in [2.45, 2.75) is 39.7 Å². The second kappa shape index (κ2) is 10.7. The van der Waals surface area contributed by atoms with Crippen LogP contribution in [0.5, 0.6) is 5.75 Å². The number of halogens is 2. The van der Waals surface area contributed by atoms with E-state index >= 15 is 0 Å². The molecule has 198 valence electrons. The Labute approximate surface area is 225 Å². The maximum Gasteiger partial charge on any atom is 0.225 e. The molecule has 3 N–H and O–H groups in total. The Bertz CT molecular complexity index is 1650. The number of amides is 1. The van der Waals surface area contributed by atoms with E-state index in [0.717, 1.165) is 50.4 Å². The number of hydrogen-bond acceptors (Lipinski definition) is 3.